The average Bonchev–Trinajstić information content (AvgIpc) is 2.16. The van der Waals surface area contributed by atoms with E-state index in [1.54, 1.807) is 4.90 Å². The lowest BCUT2D eigenvalue weighted by molar-refractivity contribution is 0.0755. The minimum Gasteiger partial charge on any atom is -0.339 e. The van der Waals surface area contributed by atoms with Crippen LogP contribution < -0.4 is 0 Å². The van der Waals surface area contributed by atoms with Crippen molar-refractivity contribution in [2.24, 2.45) is 0 Å². The normalized spacial score (nSPS) is 10.4. The number of nitrogens with zero attached hydrogens (tertiary/aromatic N) is 1. The monoisotopic (exact) mass is 255 g/mol. The van der Waals surface area contributed by atoms with Gasteiger partial charge in [0.1, 0.15) is 0 Å². The first kappa shape index (κ1) is 11.2. The Morgan fingerprint density at radius 2 is 1.79 bits per heavy atom. The Hall–Kier alpha value is -0.830. The SMILES string of the molecule is CC(C)N(C)C(=O)c1ccc(Br)cc1. The van der Waals surface area contributed by atoms with Gasteiger partial charge in [-0.3, -0.25) is 4.79 Å². The van der Waals surface area contributed by atoms with Crippen LogP contribution in [0.2, 0.25) is 0 Å². The molecule has 0 saturated carbocycles. The Balaban J connectivity index is 2.84. The minimum absolute atomic E-state index is 0.0625. The zero-order valence-corrected chi connectivity index (χ0v) is 10.2. The molecule has 0 saturated heterocycles. The number of rotatable bonds is 2. The highest BCUT2D eigenvalue weighted by atomic mass is 79.9. The summed E-state index contributed by atoms with van der Waals surface area (Å²) in [5.41, 5.74) is 0.726. The molecule has 0 bridgehead atoms. The van der Waals surface area contributed by atoms with Crippen LogP contribution in [-0.4, -0.2) is 23.9 Å². The van der Waals surface area contributed by atoms with Crippen LogP contribution in [0.1, 0.15) is 24.2 Å². The van der Waals surface area contributed by atoms with E-state index in [0.29, 0.717) is 0 Å². The number of carbonyl (C=O) groups is 1. The van der Waals surface area contributed by atoms with Gasteiger partial charge >= 0.3 is 0 Å². The van der Waals surface area contributed by atoms with Crippen molar-refractivity contribution in [3.05, 3.63) is 34.3 Å². The smallest absolute Gasteiger partial charge is 0.253 e. The van der Waals surface area contributed by atoms with Crippen molar-refractivity contribution >= 4 is 21.8 Å². The van der Waals surface area contributed by atoms with Crippen LogP contribution in [0.4, 0.5) is 0 Å². The van der Waals surface area contributed by atoms with Gasteiger partial charge in [-0.15, -0.1) is 0 Å². The van der Waals surface area contributed by atoms with Crippen LogP contribution in [0.15, 0.2) is 28.7 Å². The molecule has 2 nitrogen and oxygen atoms in total. The van der Waals surface area contributed by atoms with Crippen molar-refractivity contribution < 1.29 is 4.79 Å². The molecule has 76 valence electrons. The number of benzene rings is 1. The van der Waals surface area contributed by atoms with Crippen molar-refractivity contribution in [2.75, 3.05) is 7.05 Å². The Bertz CT molecular complexity index is 319. The van der Waals surface area contributed by atoms with Gasteiger partial charge in [-0.1, -0.05) is 15.9 Å². The second kappa shape index (κ2) is 4.60. The second-order valence-electron chi connectivity index (χ2n) is 3.52. The summed E-state index contributed by atoms with van der Waals surface area (Å²) < 4.78 is 0.987. The first-order valence-corrected chi connectivity index (χ1v) is 5.34. The van der Waals surface area contributed by atoms with Gasteiger partial charge in [0, 0.05) is 23.1 Å². The van der Waals surface area contributed by atoms with E-state index < -0.39 is 0 Å². The Labute approximate surface area is 93.0 Å². The van der Waals surface area contributed by atoms with E-state index in [1.807, 2.05) is 45.2 Å². The van der Waals surface area contributed by atoms with Crippen LogP contribution in [-0.2, 0) is 0 Å². The van der Waals surface area contributed by atoms with Crippen molar-refractivity contribution in [2.45, 2.75) is 19.9 Å². The Morgan fingerprint density at radius 1 is 1.29 bits per heavy atom. The molecule has 0 aliphatic carbocycles. The number of amides is 1. The van der Waals surface area contributed by atoms with Gasteiger partial charge in [0.15, 0.2) is 0 Å². The van der Waals surface area contributed by atoms with Crippen molar-refractivity contribution in [1.82, 2.24) is 4.90 Å². The second-order valence-corrected chi connectivity index (χ2v) is 4.43. The molecular formula is C11H14BrNO. The van der Waals surface area contributed by atoms with Gasteiger partial charge < -0.3 is 4.90 Å². The number of carbonyl (C=O) groups excluding carboxylic acids is 1. The summed E-state index contributed by atoms with van der Waals surface area (Å²) in [4.78, 5) is 13.5. The van der Waals surface area contributed by atoms with E-state index in [-0.39, 0.29) is 11.9 Å². The first-order chi connectivity index (χ1) is 6.52. The average molecular weight is 256 g/mol. The predicted molar refractivity (Wildman–Crippen MR) is 61.4 cm³/mol. The van der Waals surface area contributed by atoms with Crippen molar-refractivity contribution in [1.29, 1.82) is 0 Å². The molecule has 1 aromatic carbocycles. The Kier molecular flexibility index (Phi) is 3.69. The molecule has 0 N–H and O–H groups in total. The molecule has 0 aromatic heterocycles. The molecule has 0 unspecified atom stereocenters. The van der Waals surface area contributed by atoms with Crippen molar-refractivity contribution in [3.8, 4) is 0 Å². The van der Waals surface area contributed by atoms with Crippen LogP contribution >= 0.6 is 15.9 Å². The summed E-state index contributed by atoms with van der Waals surface area (Å²) in [7, 11) is 1.81. The van der Waals surface area contributed by atoms with Crippen LogP contribution in [0, 0.1) is 0 Å². The molecule has 14 heavy (non-hydrogen) atoms. The quantitative estimate of drug-likeness (QED) is 0.796. The lowest BCUT2D eigenvalue weighted by atomic mass is 10.2. The first-order valence-electron chi connectivity index (χ1n) is 4.55. The molecule has 0 spiro atoms. The Morgan fingerprint density at radius 3 is 2.21 bits per heavy atom. The zero-order valence-electron chi connectivity index (χ0n) is 8.62. The topological polar surface area (TPSA) is 20.3 Å². The van der Waals surface area contributed by atoms with Gasteiger partial charge in [0.2, 0.25) is 0 Å². The standard InChI is InChI=1S/C11H14BrNO/c1-8(2)13(3)11(14)9-4-6-10(12)7-5-9/h4-8H,1-3H3. The molecule has 0 aliphatic rings. The molecule has 1 aromatic rings. The minimum atomic E-state index is 0.0625. The third-order valence-corrected chi connectivity index (χ3v) is 2.71. The van der Waals surface area contributed by atoms with E-state index in [4.69, 9.17) is 0 Å². The molecule has 0 aliphatic heterocycles. The highest BCUT2D eigenvalue weighted by Crippen LogP contribution is 2.12. The van der Waals surface area contributed by atoms with Crippen LogP contribution in [0.5, 0.6) is 0 Å². The summed E-state index contributed by atoms with van der Waals surface area (Å²) >= 11 is 3.34. The van der Waals surface area contributed by atoms with Crippen LogP contribution in [0.3, 0.4) is 0 Å². The van der Waals surface area contributed by atoms with Gasteiger partial charge in [-0.05, 0) is 38.1 Å². The maximum Gasteiger partial charge on any atom is 0.253 e. The summed E-state index contributed by atoms with van der Waals surface area (Å²) in [6, 6.07) is 7.63. The summed E-state index contributed by atoms with van der Waals surface area (Å²) in [5, 5.41) is 0. The lowest BCUT2D eigenvalue weighted by Gasteiger charge is -2.21. The van der Waals surface area contributed by atoms with Gasteiger partial charge in [-0.2, -0.15) is 0 Å². The number of hydrogen-bond donors (Lipinski definition) is 0. The maximum atomic E-state index is 11.8. The van der Waals surface area contributed by atoms with E-state index >= 15 is 0 Å². The van der Waals surface area contributed by atoms with E-state index in [2.05, 4.69) is 15.9 Å². The molecule has 3 heteroatoms. The van der Waals surface area contributed by atoms with Crippen LogP contribution in [0.25, 0.3) is 0 Å². The summed E-state index contributed by atoms with van der Waals surface area (Å²) in [6.07, 6.45) is 0. The summed E-state index contributed by atoms with van der Waals surface area (Å²) in [5.74, 6) is 0.0625. The van der Waals surface area contributed by atoms with Crippen molar-refractivity contribution in [3.63, 3.8) is 0 Å². The largest absolute Gasteiger partial charge is 0.339 e. The fourth-order valence-corrected chi connectivity index (χ4v) is 1.29. The van der Waals surface area contributed by atoms with E-state index in [0.717, 1.165) is 10.0 Å². The van der Waals surface area contributed by atoms with E-state index in [1.165, 1.54) is 0 Å². The predicted octanol–water partition coefficient (Wildman–Crippen LogP) is 2.93. The molecular weight excluding hydrogens is 242 g/mol. The molecule has 0 heterocycles. The van der Waals surface area contributed by atoms with Gasteiger partial charge in [-0.25, -0.2) is 0 Å². The third kappa shape index (κ3) is 2.58. The molecule has 0 atom stereocenters. The number of hydrogen-bond acceptors (Lipinski definition) is 1. The zero-order chi connectivity index (χ0) is 10.7. The fraction of sp³-hybridized carbons (Fsp3) is 0.364. The third-order valence-electron chi connectivity index (χ3n) is 2.19. The van der Waals surface area contributed by atoms with Gasteiger partial charge in [0.05, 0.1) is 0 Å². The highest BCUT2D eigenvalue weighted by molar-refractivity contribution is 9.10. The van der Waals surface area contributed by atoms with Gasteiger partial charge in [0.25, 0.3) is 5.91 Å². The molecule has 0 fully saturated rings. The fourth-order valence-electron chi connectivity index (χ4n) is 1.03. The molecule has 0 radical (unpaired) electrons. The lowest BCUT2D eigenvalue weighted by Crippen LogP contribution is -2.32. The molecule has 1 amide bonds. The highest BCUT2D eigenvalue weighted by Gasteiger charge is 2.13. The van der Waals surface area contributed by atoms with E-state index in [9.17, 15) is 4.79 Å². The number of halogens is 1. The maximum absolute atomic E-state index is 11.8. The summed E-state index contributed by atoms with van der Waals surface area (Å²) in [6.45, 7) is 3.99. The molecule has 1 rings (SSSR count).